The summed E-state index contributed by atoms with van der Waals surface area (Å²) < 4.78 is 5.67. The third-order valence-corrected chi connectivity index (χ3v) is 4.45. The molecule has 0 aliphatic carbocycles. The lowest BCUT2D eigenvalue weighted by molar-refractivity contribution is 0.0782. The van der Waals surface area contributed by atoms with Crippen molar-refractivity contribution in [3.05, 3.63) is 29.6 Å². The van der Waals surface area contributed by atoms with E-state index < -0.39 is 0 Å². The zero-order valence-corrected chi connectivity index (χ0v) is 12.3. The van der Waals surface area contributed by atoms with E-state index in [9.17, 15) is 0 Å². The van der Waals surface area contributed by atoms with Crippen LogP contribution < -0.4 is 5.73 Å². The Balaban J connectivity index is 1.73. The minimum Gasteiger partial charge on any atom is -0.397 e. The molecule has 4 heteroatoms. The van der Waals surface area contributed by atoms with Crippen LogP contribution in [0.4, 0.5) is 5.69 Å². The first-order valence-electron chi connectivity index (χ1n) is 7.42. The van der Waals surface area contributed by atoms with E-state index in [0.717, 1.165) is 43.9 Å². The number of nitrogen functional groups attached to an aromatic ring is 1. The van der Waals surface area contributed by atoms with Gasteiger partial charge in [0, 0.05) is 25.7 Å². The van der Waals surface area contributed by atoms with Gasteiger partial charge in [-0.3, -0.25) is 9.88 Å². The first-order chi connectivity index (χ1) is 9.65. The number of rotatable bonds is 2. The van der Waals surface area contributed by atoms with Crippen molar-refractivity contribution < 1.29 is 4.74 Å². The van der Waals surface area contributed by atoms with Gasteiger partial charge in [-0.05, 0) is 43.9 Å². The lowest BCUT2D eigenvalue weighted by atomic mass is 9.98. The lowest BCUT2D eigenvalue weighted by Gasteiger charge is -2.33. The van der Waals surface area contributed by atoms with E-state index >= 15 is 0 Å². The van der Waals surface area contributed by atoms with Gasteiger partial charge in [0.1, 0.15) is 0 Å². The van der Waals surface area contributed by atoms with Crippen molar-refractivity contribution in [2.24, 2.45) is 0 Å². The van der Waals surface area contributed by atoms with Crippen molar-refractivity contribution in [3.63, 3.8) is 0 Å². The Morgan fingerprint density at radius 3 is 2.90 bits per heavy atom. The second kappa shape index (κ2) is 5.54. The molecular weight excluding hydrogens is 250 g/mol. The fourth-order valence-corrected chi connectivity index (χ4v) is 3.33. The molecular formula is C16H23N3O. The maximum atomic E-state index is 5.77. The van der Waals surface area contributed by atoms with Gasteiger partial charge < -0.3 is 10.5 Å². The Morgan fingerprint density at radius 2 is 2.30 bits per heavy atom. The average Bonchev–Trinajstić information content (AvgIpc) is 2.85. The van der Waals surface area contributed by atoms with Crippen LogP contribution in [0.2, 0.25) is 0 Å². The second-order valence-corrected chi connectivity index (χ2v) is 5.84. The van der Waals surface area contributed by atoms with Crippen LogP contribution >= 0.6 is 0 Å². The normalized spacial score (nSPS) is 27.6. The Hall–Kier alpha value is -1.39. The van der Waals surface area contributed by atoms with Gasteiger partial charge in [0.2, 0.25) is 0 Å². The van der Waals surface area contributed by atoms with Crippen LogP contribution in [0.15, 0.2) is 18.3 Å². The van der Waals surface area contributed by atoms with Gasteiger partial charge >= 0.3 is 0 Å². The highest BCUT2D eigenvalue weighted by Crippen LogP contribution is 2.28. The molecule has 0 amide bonds. The summed E-state index contributed by atoms with van der Waals surface area (Å²) in [5, 5.41) is 0. The molecule has 2 N–H and O–H groups in total. The van der Waals surface area contributed by atoms with E-state index in [1.54, 1.807) is 6.20 Å². The Bertz CT molecular complexity index is 526. The first-order valence-corrected chi connectivity index (χ1v) is 7.42. The van der Waals surface area contributed by atoms with Gasteiger partial charge in [-0.1, -0.05) is 6.08 Å². The fourth-order valence-electron chi connectivity index (χ4n) is 3.33. The minimum absolute atomic E-state index is 0.362. The predicted molar refractivity (Wildman–Crippen MR) is 81.4 cm³/mol. The zero-order valence-electron chi connectivity index (χ0n) is 12.3. The molecule has 0 radical (unpaired) electrons. The number of hydrogen-bond donors (Lipinski definition) is 1. The van der Waals surface area contributed by atoms with E-state index in [4.69, 9.17) is 10.5 Å². The SMILES string of the molecule is Cc1cc(N)cnc1C1=CCN([C@@H]2CCO[C@@H]2C)CC1. The smallest absolute Gasteiger partial charge is 0.0703 e. The molecule has 0 bridgehead atoms. The summed E-state index contributed by atoms with van der Waals surface area (Å²) in [5.41, 5.74) is 10.1. The van der Waals surface area contributed by atoms with Gasteiger partial charge in [-0.2, -0.15) is 0 Å². The van der Waals surface area contributed by atoms with Crippen molar-refractivity contribution in [1.29, 1.82) is 0 Å². The number of nitrogens with two attached hydrogens (primary N) is 1. The Labute approximate surface area is 120 Å². The summed E-state index contributed by atoms with van der Waals surface area (Å²) in [6.45, 7) is 7.26. The number of aromatic nitrogens is 1. The molecule has 2 aliphatic rings. The third-order valence-electron chi connectivity index (χ3n) is 4.45. The molecule has 1 saturated heterocycles. The summed E-state index contributed by atoms with van der Waals surface area (Å²) in [4.78, 5) is 7.04. The maximum absolute atomic E-state index is 5.77. The standard InChI is InChI=1S/C16H23N3O/c1-11-9-14(17)10-18-16(11)13-3-6-19(7-4-13)15-5-8-20-12(15)2/h3,9-10,12,15H,4-8,17H2,1-2H3/t12-,15-/m1/s1. The van der Waals surface area contributed by atoms with Gasteiger partial charge in [-0.15, -0.1) is 0 Å². The van der Waals surface area contributed by atoms with Crippen LogP contribution in [-0.2, 0) is 4.74 Å². The summed E-state index contributed by atoms with van der Waals surface area (Å²) in [6.07, 6.45) is 6.65. The van der Waals surface area contributed by atoms with Crippen LogP contribution in [0.1, 0.15) is 31.0 Å². The molecule has 3 rings (SSSR count). The molecule has 108 valence electrons. The molecule has 3 heterocycles. The molecule has 2 aliphatic heterocycles. The molecule has 1 fully saturated rings. The molecule has 0 aromatic carbocycles. The monoisotopic (exact) mass is 273 g/mol. The average molecular weight is 273 g/mol. The quantitative estimate of drug-likeness (QED) is 0.898. The first kappa shape index (κ1) is 13.6. The Morgan fingerprint density at radius 1 is 1.45 bits per heavy atom. The van der Waals surface area contributed by atoms with Crippen molar-refractivity contribution in [1.82, 2.24) is 9.88 Å². The largest absolute Gasteiger partial charge is 0.397 e. The maximum Gasteiger partial charge on any atom is 0.0703 e. The molecule has 0 spiro atoms. The van der Waals surface area contributed by atoms with Crippen LogP contribution in [0.3, 0.4) is 0 Å². The zero-order chi connectivity index (χ0) is 14.1. The van der Waals surface area contributed by atoms with Crippen LogP contribution in [0.5, 0.6) is 0 Å². The Kier molecular flexibility index (Phi) is 3.76. The van der Waals surface area contributed by atoms with Crippen LogP contribution in [0, 0.1) is 6.92 Å². The van der Waals surface area contributed by atoms with Crippen LogP contribution in [0.25, 0.3) is 5.57 Å². The number of aryl methyl sites for hydroxylation is 1. The summed E-state index contributed by atoms with van der Waals surface area (Å²) in [6, 6.07) is 2.58. The summed E-state index contributed by atoms with van der Waals surface area (Å²) in [7, 11) is 0. The molecule has 20 heavy (non-hydrogen) atoms. The predicted octanol–water partition coefficient (Wildman–Crippen LogP) is 2.24. The third kappa shape index (κ3) is 2.58. The second-order valence-electron chi connectivity index (χ2n) is 5.84. The molecule has 2 atom stereocenters. The summed E-state index contributed by atoms with van der Waals surface area (Å²) in [5.74, 6) is 0. The molecule has 1 aromatic rings. The topological polar surface area (TPSA) is 51.4 Å². The molecule has 0 unspecified atom stereocenters. The highest BCUT2D eigenvalue weighted by atomic mass is 16.5. The van der Waals surface area contributed by atoms with E-state index in [1.807, 2.05) is 6.07 Å². The van der Waals surface area contributed by atoms with E-state index in [1.165, 1.54) is 11.1 Å². The number of hydrogen-bond acceptors (Lipinski definition) is 4. The summed E-state index contributed by atoms with van der Waals surface area (Å²) >= 11 is 0. The van der Waals surface area contributed by atoms with E-state index in [-0.39, 0.29) is 0 Å². The molecule has 4 nitrogen and oxygen atoms in total. The van der Waals surface area contributed by atoms with Crippen molar-refractivity contribution in [3.8, 4) is 0 Å². The van der Waals surface area contributed by atoms with Gasteiger partial charge in [0.05, 0.1) is 23.7 Å². The highest BCUT2D eigenvalue weighted by molar-refractivity contribution is 5.67. The minimum atomic E-state index is 0.362. The van der Waals surface area contributed by atoms with Gasteiger partial charge in [0.25, 0.3) is 0 Å². The van der Waals surface area contributed by atoms with E-state index in [0.29, 0.717) is 12.1 Å². The van der Waals surface area contributed by atoms with E-state index in [2.05, 4.69) is 29.8 Å². The van der Waals surface area contributed by atoms with Gasteiger partial charge in [-0.25, -0.2) is 0 Å². The highest BCUT2D eigenvalue weighted by Gasteiger charge is 2.30. The number of nitrogens with zero attached hydrogens (tertiary/aromatic N) is 2. The molecule has 1 aromatic heterocycles. The van der Waals surface area contributed by atoms with Crippen molar-refractivity contribution in [2.75, 3.05) is 25.4 Å². The van der Waals surface area contributed by atoms with Crippen molar-refractivity contribution >= 4 is 11.3 Å². The van der Waals surface area contributed by atoms with Crippen molar-refractivity contribution in [2.45, 2.75) is 38.8 Å². The number of pyridine rings is 1. The fraction of sp³-hybridized carbons (Fsp3) is 0.562. The lowest BCUT2D eigenvalue weighted by Crippen LogP contribution is -2.42. The molecule has 0 saturated carbocycles. The number of ether oxygens (including phenoxy) is 1. The number of anilines is 1. The van der Waals surface area contributed by atoms with Gasteiger partial charge in [0.15, 0.2) is 0 Å². The van der Waals surface area contributed by atoms with Crippen LogP contribution in [-0.4, -0.2) is 41.7 Å².